The Morgan fingerprint density at radius 3 is 2.11 bits per heavy atom. The van der Waals surface area contributed by atoms with Crippen molar-refractivity contribution in [2.75, 3.05) is 0 Å². The first kappa shape index (κ1) is 8.52. The molecule has 0 heterocycles. The molecule has 0 aliphatic heterocycles. The molecule has 0 radical (unpaired) electrons. The van der Waals surface area contributed by atoms with Gasteiger partial charge in [-0.3, -0.25) is 0 Å². The van der Waals surface area contributed by atoms with E-state index in [4.69, 9.17) is 0 Å². The summed E-state index contributed by atoms with van der Waals surface area (Å²) in [7, 11) is -1.11. The third-order valence-electron chi connectivity index (χ3n) is 0.697. The monoisotopic (exact) mass is 138 g/mol. The van der Waals surface area contributed by atoms with Gasteiger partial charge in [-0.25, -0.2) is 0 Å². The predicted octanol–water partition coefficient (Wildman–Crippen LogP) is 2.44. The van der Waals surface area contributed by atoms with Gasteiger partial charge in [0, 0.05) is 0 Å². The van der Waals surface area contributed by atoms with Gasteiger partial charge in [-0.05, 0) is 13.0 Å². The third kappa shape index (κ3) is 7.52. The standard InChI is InChI=1S/C8H14Si/c1-5-6-7-8-9(2,3)4/h5-6H,1-4H3/b6-5-. The van der Waals surface area contributed by atoms with Gasteiger partial charge < -0.3 is 0 Å². The smallest absolute Gasteiger partial charge is 0.127 e. The SMILES string of the molecule is C/C=C\C#C[Si](C)(C)C. The maximum atomic E-state index is 3.22. The summed E-state index contributed by atoms with van der Waals surface area (Å²) in [5.41, 5.74) is 3.22. The first-order valence-electron chi connectivity index (χ1n) is 3.20. The van der Waals surface area contributed by atoms with Crippen LogP contribution in [0.3, 0.4) is 0 Å². The molecule has 0 aromatic heterocycles. The van der Waals surface area contributed by atoms with Gasteiger partial charge in [0.2, 0.25) is 0 Å². The fraction of sp³-hybridized carbons (Fsp3) is 0.500. The maximum Gasteiger partial charge on any atom is 0.129 e. The van der Waals surface area contributed by atoms with Gasteiger partial charge in [-0.1, -0.05) is 31.6 Å². The topological polar surface area (TPSA) is 0 Å². The van der Waals surface area contributed by atoms with E-state index in [1.54, 1.807) is 0 Å². The van der Waals surface area contributed by atoms with E-state index in [-0.39, 0.29) is 0 Å². The maximum absolute atomic E-state index is 3.22. The van der Waals surface area contributed by atoms with Gasteiger partial charge in [-0.15, -0.1) is 5.54 Å². The van der Waals surface area contributed by atoms with Gasteiger partial charge in [0.15, 0.2) is 0 Å². The molecule has 0 aromatic carbocycles. The Bertz CT molecular complexity index is 150. The number of rotatable bonds is 0. The zero-order valence-corrected chi connectivity index (χ0v) is 7.65. The molecule has 9 heavy (non-hydrogen) atoms. The van der Waals surface area contributed by atoms with Crippen molar-refractivity contribution in [3.63, 3.8) is 0 Å². The van der Waals surface area contributed by atoms with Crippen LogP contribution in [-0.4, -0.2) is 8.07 Å². The van der Waals surface area contributed by atoms with Gasteiger partial charge >= 0.3 is 0 Å². The Balaban J connectivity index is 3.88. The Morgan fingerprint density at radius 2 is 1.78 bits per heavy atom. The minimum absolute atomic E-state index is 1.11. The lowest BCUT2D eigenvalue weighted by atomic mass is 10.6. The molecule has 0 atom stereocenters. The zero-order valence-electron chi connectivity index (χ0n) is 6.65. The quantitative estimate of drug-likeness (QED) is 0.356. The number of hydrogen-bond donors (Lipinski definition) is 0. The minimum Gasteiger partial charge on any atom is -0.127 e. The van der Waals surface area contributed by atoms with Crippen molar-refractivity contribution in [2.45, 2.75) is 26.6 Å². The van der Waals surface area contributed by atoms with Crippen LogP contribution in [0.15, 0.2) is 12.2 Å². The highest BCUT2D eigenvalue weighted by atomic mass is 28.3. The average Bonchev–Trinajstić information content (AvgIpc) is 1.63. The van der Waals surface area contributed by atoms with Crippen LogP contribution >= 0.6 is 0 Å². The Morgan fingerprint density at radius 1 is 1.22 bits per heavy atom. The van der Waals surface area contributed by atoms with Crippen molar-refractivity contribution < 1.29 is 0 Å². The molecular weight excluding hydrogens is 124 g/mol. The van der Waals surface area contributed by atoms with Crippen LogP contribution in [0, 0.1) is 11.5 Å². The molecule has 0 unspecified atom stereocenters. The van der Waals surface area contributed by atoms with Gasteiger partial charge in [0.25, 0.3) is 0 Å². The van der Waals surface area contributed by atoms with Crippen molar-refractivity contribution in [3.05, 3.63) is 12.2 Å². The lowest BCUT2D eigenvalue weighted by Crippen LogP contribution is -2.16. The van der Waals surface area contributed by atoms with Crippen molar-refractivity contribution in [1.82, 2.24) is 0 Å². The molecule has 0 spiro atoms. The first-order valence-corrected chi connectivity index (χ1v) is 6.70. The summed E-state index contributed by atoms with van der Waals surface area (Å²) < 4.78 is 0. The van der Waals surface area contributed by atoms with Crippen molar-refractivity contribution in [3.8, 4) is 11.5 Å². The summed E-state index contributed by atoms with van der Waals surface area (Å²) in [5.74, 6) is 3.01. The van der Waals surface area contributed by atoms with E-state index >= 15 is 0 Å². The molecular formula is C8H14Si. The summed E-state index contributed by atoms with van der Waals surface area (Å²) >= 11 is 0. The molecule has 0 saturated heterocycles. The summed E-state index contributed by atoms with van der Waals surface area (Å²) in [4.78, 5) is 0. The van der Waals surface area contributed by atoms with Crippen molar-refractivity contribution in [2.24, 2.45) is 0 Å². The van der Waals surface area contributed by atoms with E-state index in [0.717, 1.165) is 0 Å². The molecule has 0 rings (SSSR count). The molecule has 0 amide bonds. The van der Waals surface area contributed by atoms with Crippen LogP contribution in [0.25, 0.3) is 0 Å². The molecule has 0 aromatic rings. The second kappa shape index (κ2) is 3.52. The Kier molecular flexibility index (Phi) is 3.34. The summed E-state index contributed by atoms with van der Waals surface area (Å²) in [6.07, 6.45) is 3.87. The highest BCUT2D eigenvalue weighted by molar-refractivity contribution is 6.83. The second-order valence-electron chi connectivity index (χ2n) is 3.02. The number of hydrogen-bond acceptors (Lipinski definition) is 0. The molecule has 0 fully saturated rings. The second-order valence-corrected chi connectivity index (χ2v) is 7.77. The normalized spacial score (nSPS) is 11.1. The van der Waals surface area contributed by atoms with E-state index in [9.17, 15) is 0 Å². The molecule has 0 aliphatic rings. The highest BCUT2D eigenvalue weighted by Crippen LogP contribution is 1.95. The molecule has 0 aliphatic carbocycles. The lowest BCUT2D eigenvalue weighted by Gasteiger charge is -2.01. The van der Waals surface area contributed by atoms with E-state index in [2.05, 4.69) is 31.1 Å². The highest BCUT2D eigenvalue weighted by Gasteiger charge is 2.06. The van der Waals surface area contributed by atoms with Crippen molar-refractivity contribution in [1.29, 1.82) is 0 Å². The van der Waals surface area contributed by atoms with Crippen LogP contribution in [-0.2, 0) is 0 Å². The number of allylic oxidation sites excluding steroid dienone is 2. The van der Waals surface area contributed by atoms with Crippen LogP contribution in [0.5, 0.6) is 0 Å². The van der Waals surface area contributed by atoms with E-state index in [1.807, 2.05) is 19.1 Å². The summed E-state index contributed by atoms with van der Waals surface area (Å²) in [6.45, 7) is 8.70. The Hall–Kier alpha value is -0.483. The fourth-order valence-electron chi connectivity index (χ4n) is 0.342. The molecule has 0 saturated carbocycles. The molecule has 50 valence electrons. The third-order valence-corrected chi connectivity index (χ3v) is 1.59. The Labute approximate surface area is 59.0 Å². The molecule has 0 nitrogen and oxygen atoms in total. The van der Waals surface area contributed by atoms with Crippen LogP contribution in [0.4, 0.5) is 0 Å². The largest absolute Gasteiger partial charge is 0.129 e. The van der Waals surface area contributed by atoms with Crippen LogP contribution < -0.4 is 0 Å². The fourth-order valence-corrected chi connectivity index (χ4v) is 0.858. The summed E-state index contributed by atoms with van der Waals surface area (Å²) in [5, 5.41) is 0. The first-order chi connectivity index (χ1) is 4.06. The van der Waals surface area contributed by atoms with E-state index in [1.165, 1.54) is 0 Å². The van der Waals surface area contributed by atoms with Crippen molar-refractivity contribution >= 4 is 8.07 Å². The minimum atomic E-state index is -1.11. The van der Waals surface area contributed by atoms with E-state index < -0.39 is 8.07 Å². The molecule has 0 N–H and O–H groups in total. The van der Waals surface area contributed by atoms with Crippen LogP contribution in [0.1, 0.15) is 6.92 Å². The lowest BCUT2D eigenvalue weighted by molar-refractivity contribution is 1.76. The van der Waals surface area contributed by atoms with Crippen LogP contribution in [0.2, 0.25) is 19.6 Å². The molecule has 1 heteroatoms. The van der Waals surface area contributed by atoms with Gasteiger partial charge in [0.1, 0.15) is 8.07 Å². The predicted molar refractivity (Wildman–Crippen MR) is 45.9 cm³/mol. The van der Waals surface area contributed by atoms with E-state index in [0.29, 0.717) is 0 Å². The average molecular weight is 138 g/mol. The molecule has 0 bridgehead atoms. The zero-order chi connectivity index (χ0) is 7.33. The van der Waals surface area contributed by atoms with Gasteiger partial charge in [-0.2, -0.15) is 0 Å². The van der Waals surface area contributed by atoms with Gasteiger partial charge in [0.05, 0.1) is 0 Å². The summed E-state index contributed by atoms with van der Waals surface area (Å²) in [6, 6.07) is 0.